The van der Waals surface area contributed by atoms with Crippen molar-refractivity contribution in [3.63, 3.8) is 0 Å². The molecule has 2 aromatic rings. The molecule has 0 bridgehead atoms. The Hall–Kier alpha value is -2.90. The number of hydroxylamine groups is 1. The normalized spacial score (nSPS) is 11.6. The van der Waals surface area contributed by atoms with E-state index in [9.17, 15) is 9.59 Å². The Bertz CT molecular complexity index is 790. The zero-order chi connectivity index (χ0) is 20.5. The third-order valence-electron chi connectivity index (χ3n) is 4.40. The van der Waals surface area contributed by atoms with Gasteiger partial charge in [0.1, 0.15) is 11.5 Å². The molecule has 0 radical (unpaired) electrons. The zero-order valence-electron chi connectivity index (χ0n) is 16.4. The van der Waals surface area contributed by atoms with Crippen LogP contribution in [0.1, 0.15) is 17.5 Å². The molecule has 3 N–H and O–H groups in total. The summed E-state index contributed by atoms with van der Waals surface area (Å²) >= 11 is 0. The SMILES string of the molecule is CN[C@@H](Cc1ccc(Oc2ccccc2CCC(=O)NO)cc1)C(=O)N(C)C. The van der Waals surface area contributed by atoms with Crippen molar-refractivity contribution in [1.29, 1.82) is 0 Å². The molecule has 7 heteroatoms. The molecule has 7 nitrogen and oxygen atoms in total. The first kappa shape index (κ1) is 21.4. The van der Waals surface area contributed by atoms with E-state index in [0.29, 0.717) is 24.3 Å². The van der Waals surface area contributed by atoms with Crippen molar-refractivity contribution in [2.24, 2.45) is 0 Å². The van der Waals surface area contributed by atoms with Gasteiger partial charge in [-0.15, -0.1) is 0 Å². The molecule has 2 rings (SSSR count). The first-order valence-corrected chi connectivity index (χ1v) is 9.10. The number of hydrogen-bond donors (Lipinski definition) is 3. The van der Waals surface area contributed by atoms with Crippen LogP contribution in [-0.2, 0) is 22.4 Å². The second-order valence-electron chi connectivity index (χ2n) is 6.67. The highest BCUT2D eigenvalue weighted by Crippen LogP contribution is 2.26. The fraction of sp³-hybridized carbons (Fsp3) is 0.333. The molecule has 150 valence electrons. The maximum absolute atomic E-state index is 12.1. The van der Waals surface area contributed by atoms with Crippen LogP contribution >= 0.6 is 0 Å². The maximum atomic E-state index is 12.1. The summed E-state index contributed by atoms with van der Waals surface area (Å²) in [5.41, 5.74) is 3.53. The number of likely N-dealkylation sites (N-methyl/N-ethyl adjacent to an activating group) is 2. The molecule has 0 aliphatic heterocycles. The van der Waals surface area contributed by atoms with Crippen molar-refractivity contribution in [1.82, 2.24) is 15.7 Å². The first-order valence-electron chi connectivity index (χ1n) is 9.10. The molecule has 0 unspecified atom stereocenters. The lowest BCUT2D eigenvalue weighted by molar-refractivity contribution is -0.131. The Morgan fingerprint density at radius 2 is 1.79 bits per heavy atom. The van der Waals surface area contributed by atoms with Crippen LogP contribution in [0.2, 0.25) is 0 Å². The number of carbonyl (C=O) groups is 2. The number of rotatable bonds is 9. The van der Waals surface area contributed by atoms with E-state index in [1.54, 1.807) is 31.5 Å². The van der Waals surface area contributed by atoms with Crippen LogP contribution in [0, 0.1) is 0 Å². The van der Waals surface area contributed by atoms with E-state index in [-0.39, 0.29) is 18.4 Å². The van der Waals surface area contributed by atoms with Gasteiger partial charge in [0, 0.05) is 20.5 Å². The highest BCUT2D eigenvalue weighted by Gasteiger charge is 2.18. The van der Waals surface area contributed by atoms with Gasteiger partial charge in [0.25, 0.3) is 0 Å². The van der Waals surface area contributed by atoms with Gasteiger partial charge in [-0.3, -0.25) is 14.8 Å². The minimum atomic E-state index is -0.439. The molecule has 0 saturated heterocycles. The summed E-state index contributed by atoms with van der Waals surface area (Å²) in [5, 5.41) is 11.7. The van der Waals surface area contributed by atoms with Crippen LogP contribution in [0.15, 0.2) is 48.5 Å². The third-order valence-corrected chi connectivity index (χ3v) is 4.40. The van der Waals surface area contributed by atoms with Crippen LogP contribution in [0.3, 0.4) is 0 Å². The lowest BCUT2D eigenvalue weighted by atomic mass is 10.0. The number of nitrogens with zero attached hydrogens (tertiary/aromatic N) is 1. The fourth-order valence-electron chi connectivity index (χ4n) is 2.79. The van der Waals surface area contributed by atoms with Crippen LogP contribution in [0.25, 0.3) is 0 Å². The van der Waals surface area contributed by atoms with Gasteiger partial charge in [0.05, 0.1) is 6.04 Å². The predicted molar refractivity (Wildman–Crippen MR) is 106 cm³/mol. The number of ether oxygens (including phenoxy) is 1. The molecule has 0 aliphatic carbocycles. The third kappa shape index (κ3) is 6.07. The second kappa shape index (κ2) is 10.4. The van der Waals surface area contributed by atoms with Gasteiger partial charge in [0.2, 0.25) is 11.8 Å². The van der Waals surface area contributed by atoms with Gasteiger partial charge >= 0.3 is 0 Å². The molecule has 0 heterocycles. The molecule has 0 spiro atoms. The quantitative estimate of drug-likeness (QED) is 0.454. The molecular formula is C21H27N3O4. The van der Waals surface area contributed by atoms with E-state index in [0.717, 1.165) is 11.1 Å². The average molecular weight is 385 g/mol. The Kier molecular flexibility index (Phi) is 7.98. The summed E-state index contributed by atoms with van der Waals surface area (Å²) in [5.74, 6) is 0.925. The Balaban J connectivity index is 2.05. The molecule has 2 aromatic carbocycles. The highest BCUT2D eigenvalue weighted by atomic mass is 16.5. The van der Waals surface area contributed by atoms with Crippen molar-refractivity contribution in [3.05, 3.63) is 59.7 Å². The summed E-state index contributed by atoms with van der Waals surface area (Å²) in [6, 6.07) is 14.8. The Morgan fingerprint density at radius 1 is 1.11 bits per heavy atom. The standard InChI is InChI=1S/C21H27N3O4/c1-22-18(21(26)24(2)3)14-15-8-11-17(12-9-15)28-19-7-5-4-6-16(19)10-13-20(25)23-27/h4-9,11-12,18,22,27H,10,13-14H2,1-3H3,(H,23,25)/t18-/m0/s1. The number of carbonyl (C=O) groups excluding carboxylic acids is 2. The lowest BCUT2D eigenvalue weighted by Gasteiger charge is -2.20. The van der Waals surface area contributed by atoms with Crippen LogP contribution in [-0.4, -0.2) is 49.1 Å². The first-order chi connectivity index (χ1) is 13.4. The van der Waals surface area contributed by atoms with E-state index >= 15 is 0 Å². The minimum Gasteiger partial charge on any atom is -0.457 e. The fourth-order valence-corrected chi connectivity index (χ4v) is 2.79. The Morgan fingerprint density at radius 3 is 2.39 bits per heavy atom. The van der Waals surface area contributed by atoms with Crippen LogP contribution in [0.5, 0.6) is 11.5 Å². The van der Waals surface area contributed by atoms with E-state index in [2.05, 4.69) is 5.32 Å². The molecule has 0 fully saturated rings. The summed E-state index contributed by atoms with van der Waals surface area (Å²) in [4.78, 5) is 25.0. The second-order valence-corrected chi connectivity index (χ2v) is 6.67. The molecular weight excluding hydrogens is 358 g/mol. The minimum absolute atomic E-state index is 0.0312. The smallest absolute Gasteiger partial charge is 0.243 e. The van der Waals surface area contributed by atoms with Gasteiger partial charge in [-0.25, -0.2) is 5.48 Å². The molecule has 0 aromatic heterocycles. The lowest BCUT2D eigenvalue weighted by Crippen LogP contribution is -2.43. The molecule has 28 heavy (non-hydrogen) atoms. The number of aryl methyl sites for hydroxylation is 1. The van der Waals surface area contributed by atoms with E-state index in [1.165, 1.54) is 0 Å². The van der Waals surface area contributed by atoms with Crippen molar-refractivity contribution in [3.8, 4) is 11.5 Å². The topological polar surface area (TPSA) is 90.9 Å². The van der Waals surface area contributed by atoms with Gasteiger partial charge in [-0.2, -0.15) is 0 Å². The molecule has 2 amide bonds. The number of para-hydroxylation sites is 1. The number of benzene rings is 2. The van der Waals surface area contributed by atoms with Crippen molar-refractivity contribution in [2.45, 2.75) is 25.3 Å². The zero-order valence-corrected chi connectivity index (χ0v) is 16.4. The van der Waals surface area contributed by atoms with Crippen molar-refractivity contribution >= 4 is 11.8 Å². The van der Waals surface area contributed by atoms with Gasteiger partial charge < -0.3 is 15.0 Å². The van der Waals surface area contributed by atoms with Gasteiger partial charge in [-0.1, -0.05) is 30.3 Å². The summed E-state index contributed by atoms with van der Waals surface area (Å²) in [7, 11) is 5.26. The number of nitrogens with one attached hydrogen (secondary N) is 2. The largest absolute Gasteiger partial charge is 0.457 e. The summed E-state index contributed by atoms with van der Waals surface area (Å²) in [6.45, 7) is 0. The van der Waals surface area contributed by atoms with Crippen LogP contribution in [0.4, 0.5) is 0 Å². The predicted octanol–water partition coefficient (Wildman–Crippen LogP) is 2.14. The number of hydrogen-bond acceptors (Lipinski definition) is 5. The van der Waals surface area contributed by atoms with E-state index in [4.69, 9.17) is 9.94 Å². The van der Waals surface area contributed by atoms with E-state index < -0.39 is 5.91 Å². The van der Waals surface area contributed by atoms with Crippen molar-refractivity contribution in [2.75, 3.05) is 21.1 Å². The Labute approximate surface area is 165 Å². The monoisotopic (exact) mass is 385 g/mol. The summed E-state index contributed by atoms with van der Waals surface area (Å²) in [6.07, 6.45) is 1.21. The summed E-state index contributed by atoms with van der Waals surface area (Å²) < 4.78 is 5.96. The van der Waals surface area contributed by atoms with Crippen LogP contribution < -0.4 is 15.5 Å². The van der Waals surface area contributed by atoms with Gasteiger partial charge in [-0.05, 0) is 49.2 Å². The average Bonchev–Trinajstić information content (AvgIpc) is 2.71. The molecule has 0 saturated carbocycles. The molecule has 0 aliphatic rings. The van der Waals surface area contributed by atoms with Gasteiger partial charge in [0.15, 0.2) is 0 Å². The highest BCUT2D eigenvalue weighted by molar-refractivity contribution is 5.81. The molecule has 1 atom stereocenters. The maximum Gasteiger partial charge on any atom is 0.243 e. The van der Waals surface area contributed by atoms with Crippen molar-refractivity contribution < 1.29 is 19.5 Å². The number of amides is 2. The van der Waals surface area contributed by atoms with E-state index in [1.807, 2.05) is 48.5 Å².